The van der Waals surface area contributed by atoms with Crippen molar-refractivity contribution in [2.75, 3.05) is 210 Å². The summed E-state index contributed by atoms with van der Waals surface area (Å²) in [6, 6.07) is 24.5. The Bertz CT molecular complexity index is 4260. The van der Waals surface area contributed by atoms with Gasteiger partial charge in [-0.1, -0.05) is 18.2 Å². The number of carbonyl (C=O) groups is 3. The number of fused-ring (bicyclic) bond motifs is 3. The summed E-state index contributed by atoms with van der Waals surface area (Å²) in [7, 11) is 5.19. The highest BCUT2D eigenvalue weighted by Gasteiger charge is 2.35. The number of amides is 2. The van der Waals surface area contributed by atoms with Crippen molar-refractivity contribution in [3.63, 3.8) is 0 Å². The molecule has 2 amide bonds. The van der Waals surface area contributed by atoms with E-state index < -0.39 is 5.60 Å². The number of likely N-dealkylation sites (tertiary alicyclic amines) is 2. The zero-order valence-corrected chi connectivity index (χ0v) is 66.7. The molecule has 15 rings (SSSR count). The van der Waals surface area contributed by atoms with Gasteiger partial charge in [0.15, 0.2) is 10.3 Å². The predicted octanol–water partition coefficient (Wildman–Crippen LogP) is 10.8. The van der Waals surface area contributed by atoms with Crippen LogP contribution >= 0.6 is 22.7 Å². The van der Waals surface area contributed by atoms with Crippen LogP contribution in [0.1, 0.15) is 109 Å². The molecule has 7 aliphatic heterocycles. The van der Waals surface area contributed by atoms with E-state index in [1.54, 1.807) is 64.8 Å². The minimum atomic E-state index is -1.28. The zero-order chi connectivity index (χ0) is 75.6. The molecule has 5 aromatic heterocycles. The summed E-state index contributed by atoms with van der Waals surface area (Å²) in [5.41, 5.74) is 7.10. The third-order valence-corrected chi connectivity index (χ3v) is 24.6. The normalized spacial score (nSPS) is 19.0. The van der Waals surface area contributed by atoms with Gasteiger partial charge in [0.05, 0.1) is 68.5 Å². The maximum Gasteiger partial charge on any atom is 0.253 e. The first-order chi connectivity index (χ1) is 53.2. The van der Waals surface area contributed by atoms with Crippen LogP contribution in [0.4, 0.5) is 27.3 Å². The molecule has 7 aliphatic rings. The number of pyridine rings is 3. The molecule has 109 heavy (non-hydrogen) atoms. The van der Waals surface area contributed by atoms with Crippen LogP contribution in [0.25, 0.3) is 32.7 Å². The number of aromatic nitrogens is 5. The van der Waals surface area contributed by atoms with Crippen molar-refractivity contribution in [3.8, 4) is 17.2 Å². The molecule has 0 saturated carbocycles. The second-order valence-electron chi connectivity index (χ2n) is 30.6. The molecule has 8 aromatic rings. The molecule has 1 unspecified atom stereocenters. The van der Waals surface area contributed by atoms with Crippen LogP contribution in [0.3, 0.4) is 0 Å². The van der Waals surface area contributed by atoms with Crippen molar-refractivity contribution in [2.24, 2.45) is 11.8 Å². The van der Waals surface area contributed by atoms with Gasteiger partial charge >= 0.3 is 0 Å². The quantitative estimate of drug-likeness (QED) is 0.0603. The van der Waals surface area contributed by atoms with Gasteiger partial charge in [0.2, 0.25) is 5.91 Å². The number of anilines is 5. The fourth-order valence-corrected chi connectivity index (χ4v) is 18.6. The lowest BCUT2D eigenvalue weighted by Crippen LogP contribution is -2.49. The number of hydrogen-bond acceptors (Lipinski definition) is 24. The minimum Gasteiger partial charge on any atom is -0.494 e. The number of carbonyl (C=O) groups excluding carboxylic acids is 3. The van der Waals surface area contributed by atoms with Crippen LogP contribution in [0.2, 0.25) is 0 Å². The second kappa shape index (κ2) is 38.2. The Balaban J connectivity index is 0.000000146. The molecule has 3 aromatic carbocycles. The molecular formula is C83H114N16O8S2. The summed E-state index contributed by atoms with van der Waals surface area (Å²) in [4.78, 5) is 85.2. The van der Waals surface area contributed by atoms with E-state index >= 15 is 0 Å². The SMILES string of the molecule is COc1ccc2cccnc2c1N1CCCN(C(CC(=O)NCCCN2CCCC2)c2csc(N3CCOCC3)n2)CC1.COc1ccc2cccnc2c1N1CCCN(CC2CCN(C(=O)C(C)(C)O)CC2)CC1.COc1ccc2cccnc2c1N1CCCN(Cc2csc(N3CCC(C(C)=O)CC3)n2)CC1. The number of ether oxygens (including phenoxy) is 4. The number of benzene rings is 3. The summed E-state index contributed by atoms with van der Waals surface area (Å²) in [5.74, 6) is 3.72. The van der Waals surface area contributed by atoms with E-state index in [4.69, 9.17) is 33.9 Å². The first kappa shape index (κ1) is 79.0. The van der Waals surface area contributed by atoms with Crippen molar-refractivity contribution in [2.45, 2.75) is 110 Å². The standard InChI is InChI=1S/C32H45N7O3S.C26H33N5O2S.C25H36N4O3/c1-41-28-9-8-25-7-4-10-34-30(25)31(28)38-16-6-15-37(17-18-38)27(23-29(40)33-11-5-14-36-12-2-3-13-36)26-24-43-32(35-26)39-19-21-42-22-20-39;1-19(32)20-8-13-31(14-9-20)26-28-22(18-34-26)17-29-11-4-12-30(16-15-29)25-23(33-2)7-6-21-5-3-10-27-24(21)25;1-25(2,31)24(30)29-14-9-19(10-15-29)18-27-12-5-13-28(17-16-27)23-21(32-3)8-7-20-6-4-11-26-22(20)23/h4,7-10,24,27H,2-3,5-6,11-23H2,1H3,(H,33,40);3,5-7,10,18,20H,4,8-9,11-17H2,1-2H3;4,6-8,11,19,31H,5,9-10,12-18H2,1-3H3. The van der Waals surface area contributed by atoms with Gasteiger partial charge < -0.3 is 68.6 Å². The number of rotatable bonds is 22. The van der Waals surface area contributed by atoms with E-state index in [1.807, 2.05) is 53.8 Å². The Hall–Kier alpha value is -8.08. The van der Waals surface area contributed by atoms with Gasteiger partial charge in [-0.25, -0.2) is 9.97 Å². The van der Waals surface area contributed by atoms with Gasteiger partial charge in [-0.05, 0) is 172 Å². The Labute approximate surface area is 651 Å². The van der Waals surface area contributed by atoms with Gasteiger partial charge in [0.1, 0.15) is 45.7 Å². The van der Waals surface area contributed by atoms with Crippen molar-refractivity contribution in [3.05, 3.63) is 114 Å². The molecule has 0 spiro atoms. The van der Waals surface area contributed by atoms with E-state index in [-0.39, 0.29) is 23.8 Å². The van der Waals surface area contributed by atoms with Crippen LogP contribution in [0.5, 0.6) is 17.2 Å². The second-order valence-corrected chi connectivity index (χ2v) is 32.3. The average Bonchev–Trinajstić information content (AvgIpc) is 1.08. The van der Waals surface area contributed by atoms with Crippen LogP contribution < -0.4 is 44.0 Å². The molecule has 7 saturated heterocycles. The van der Waals surface area contributed by atoms with Gasteiger partial charge in [-0.15, -0.1) is 22.7 Å². The summed E-state index contributed by atoms with van der Waals surface area (Å²) < 4.78 is 22.8. The van der Waals surface area contributed by atoms with Crippen LogP contribution in [0.15, 0.2) is 102 Å². The van der Waals surface area contributed by atoms with Gasteiger partial charge in [-0.3, -0.25) is 39.1 Å². The van der Waals surface area contributed by atoms with E-state index in [2.05, 4.69) is 113 Å². The number of aliphatic hydroxyl groups is 1. The van der Waals surface area contributed by atoms with E-state index in [1.165, 1.54) is 25.9 Å². The van der Waals surface area contributed by atoms with Crippen molar-refractivity contribution in [1.82, 2.24) is 54.7 Å². The number of hydrogen-bond donors (Lipinski definition) is 2. The number of methoxy groups -OCH3 is 3. The summed E-state index contributed by atoms with van der Waals surface area (Å²) in [6.45, 7) is 28.9. The maximum absolute atomic E-state index is 13.3. The van der Waals surface area contributed by atoms with Crippen LogP contribution in [-0.4, -0.2) is 263 Å². The summed E-state index contributed by atoms with van der Waals surface area (Å²) in [5, 5.41) is 23.1. The van der Waals surface area contributed by atoms with Crippen molar-refractivity contribution < 1.29 is 38.4 Å². The van der Waals surface area contributed by atoms with Crippen LogP contribution in [0, 0.1) is 11.8 Å². The largest absolute Gasteiger partial charge is 0.494 e. The Morgan fingerprint density at radius 1 is 0.550 bits per heavy atom. The smallest absolute Gasteiger partial charge is 0.253 e. The molecule has 7 fully saturated rings. The number of piperidine rings is 2. The number of nitrogens with one attached hydrogen (secondary N) is 1. The predicted molar refractivity (Wildman–Crippen MR) is 438 cm³/mol. The Morgan fingerprint density at radius 3 is 1.61 bits per heavy atom. The zero-order valence-electron chi connectivity index (χ0n) is 65.0. The highest BCUT2D eigenvalue weighted by molar-refractivity contribution is 7.14. The topological polar surface area (TPSA) is 217 Å². The third-order valence-electron chi connectivity index (χ3n) is 22.8. The number of thiazole rings is 2. The maximum atomic E-state index is 13.3. The molecule has 586 valence electrons. The number of ketones is 1. The molecule has 2 N–H and O–H groups in total. The van der Waals surface area contributed by atoms with Gasteiger partial charge in [0, 0.05) is 189 Å². The van der Waals surface area contributed by atoms with Gasteiger partial charge in [0.25, 0.3) is 5.91 Å². The summed E-state index contributed by atoms with van der Waals surface area (Å²) in [6.07, 6.45) is 16.6. The fraction of sp³-hybridized carbons (Fsp3) is 0.566. The lowest BCUT2D eigenvalue weighted by molar-refractivity contribution is -0.149. The van der Waals surface area contributed by atoms with E-state index in [9.17, 15) is 19.5 Å². The first-order valence-electron chi connectivity index (χ1n) is 39.9. The lowest BCUT2D eigenvalue weighted by Gasteiger charge is -2.36. The highest BCUT2D eigenvalue weighted by atomic mass is 32.1. The third kappa shape index (κ3) is 20.4. The average molecular weight is 1530 g/mol. The molecular weight excluding hydrogens is 1410 g/mol. The minimum absolute atomic E-state index is 0.0721. The molecule has 12 heterocycles. The Morgan fingerprint density at radius 2 is 1.06 bits per heavy atom. The van der Waals surface area contributed by atoms with Crippen LogP contribution in [-0.2, 0) is 25.7 Å². The highest BCUT2D eigenvalue weighted by Crippen LogP contribution is 2.41. The van der Waals surface area contributed by atoms with Gasteiger partial charge in [-0.2, -0.15) is 0 Å². The van der Waals surface area contributed by atoms with Crippen molar-refractivity contribution in [1.29, 1.82) is 0 Å². The monoisotopic (exact) mass is 1530 g/mol. The van der Waals surface area contributed by atoms with E-state index in [0.29, 0.717) is 18.1 Å². The molecule has 0 aliphatic carbocycles. The number of nitrogens with zero attached hydrogens (tertiary/aromatic N) is 15. The molecule has 24 nitrogen and oxygen atoms in total. The molecule has 1 atom stereocenters. The first-order valence-corrected chi connectivity index (χ1v) is 41.6. The molecule has 0 bridgehead atoms. The van der Waals surface area contributed by atoms with E-state index in [0.717, 1.165) is 297 Å². The van der Waals surface area contributed by atoms with Crippen molar-refractivity contribution >= 4 is 100 Å². The lowest BCUT2D eigenvalue weighted by atomic mass is 9.94. The summed E-state index contributed by atoms with van der Waals surface area (Å²) >= 11 is 3.41. The molecule has 26 heteroatoms. The fourth-order valence-electron chi connectivity index (χ4n) is 16.8. The Kier molecular flexibility index (Phi) is 27.7. The number of Topliss-reactive ketones (excluding diaryl/α,β-unsaturated/α-hetero) is 1. The number of morpholine rings is 1. The molecule has 0 radical (unpaired) electrons.